The molecule has 0 fully saturated rings. The first-order valence-corrected chi connectivity index (χ1v) is 4.10. The molecule has 0 aromatic carbocycles. The largest absolute Gasteiger partial charge is 0.198 e. The summed E-state index contributed by atoms with van der Waals surface area (Å²) < 4.78 is 0. The van der Waals surface area contributed by atoms with Crippen LogP contribution < -0.4 is 0 Å². The van der Waals surface area contributed by atoms with Crippen molar-refractivity contribution in [3.8, 4) is 6.07 Å². The Morgan fingerprint density at radius 2 is 2.00 bits per heavy atom. The van der Waals surface area contributed by atoms with Gasteiger partial charge in [0.1, 0.15) is 0 Å². The molecule has 0 aromatic heterocycles. The van der Waals surface area contributed by atoms with Crippen LogP contribution in [0.25, 0.3) is 0 Å². The summed E-state index contributed by atoms with van der Waals surface area (Å²) in [6, 6.07) is 2.25. The van der Waals surface area contributed by atoms with Gasteiger partial charge in [0.05, 0.1) is 6.07 Å². The fourth-order valence-electron chi connectivity index (χ4n) is 1.27. The zero-order valence-corrected chi connectivity index (χ0v) is 7.22. The highest BCUT2D eigenvalue weighted by molar-refractivity contribution is 4.79. The number of hydrogen-bond acceptors (Lipinski definition) is 1. The van der Waals surface area contributed by atoms with E-state index in [0.29, 0.717) is 0 Å². The molecular formula is C9H17N. The molecule has 0 saturated heterocycles. The first-order valence-electron chi connectivity index (χ1n) is 4.10. The lowest BCUT2D eigenvalue weighted by molar-refractivity contribution is 0.439. The van der Waals surface area contributed by atoms with Crippen molar-refractivity contribution in [3.63, 3.8) is 0 Å². The summed E-state index contributed by atoms with van der Waals surface area (Å²) in [7, 11) is 0. The van der Waals surface area contributed by atoms with Gasteiger partial charge in [0, 0.05) is 5.92 Å². The highest BCUT2D eigenvalue weighted by atomic mass is 14.3. The Morgan fingerprint density at radius 3 is 2.40 bits per heavy atom. The molecule has 0 aromatic rings. The third-order valence-electron chi connectivity index (χ3n) is 1.76. The van der Waals surface area contributed by atoms with E-state index < -0.39 is 0 Å². The van der Waals surface area contributed by atoms with E-state index in [-0.39, 0.29) is 5.92 Å². The Labute approximate surface area is 64.1 Å². The summed E-state index contributed by atoms with van der Waals surface area (Å²) in [5, 5.41) is 8.50. The molecule has 0 aliphatic carbocycles. The van der Waals surface area contributed by atoms with Crippen molar-refractivity contribution < 1.29 is 0 Å². The first kappa shape index (κ1) is 9.49. The van der Waals surface area contributed by atoms with Crippen molar-refractivity contribution in [2.45, 2.75) is 40.0 Å². The quantitative estimate of drug-likeness (QED) is 0.587. The zero-order chi connectivity index (χ0) is 7.98. The normalized spacial score (nSPS) is 15.8. The SMILES string of the molecule is CCCC(C)CC(C)C#N. The monoisotopic (exact) mass is 139 g/mol. The van der Waals surface area contributed by atoms with Gasteiger partial charge >= 0.3 is 0 Å². The molecule has 0 heterocycles. The minimum absolute atomic E-state index is 0.238. The van der Waals surface area contributed by atoms with Crippen LogP contribution in [0.2, 0.25) is 0 Å². The Morgan fingerprint density at radius 1 is 1.40 bits per heavy atom. The molecule has 2 atom stereocenters. The molecule has 0 N–H and O–H groups in total. The Hall–Kier alpha value is -0.510. The maximum absolute atomic E-state index is 8.50. The van der Waals surface area contributed by atoms with E-state index in [1.165, 1.54) is 12.8 Å². The highest BCUT2D eigenvalue weighted by Crippen LogP contribution is 2.15. The maximum atomic E-state index is 8.50. The van der Waals surface area contributed by atoms with Gasteiger partial charge in [-0.3, -0.25) is 0 Å². The van der Waals surface area contributed by atoms with Crippen LogP contribution in [0.3, 0.4) is 0 Å². The summed E-state index contributed by atoms with van der Waals surface area (Å²) in [5.41, 5.74) is 0. The second-order valence-corrected chi connectivity index (χ2v) is 3.16. The second-order valence-electron chi connectivity index (χ2n) is 3.16. The van der Waals surface area contributed by atoms with Gasteiger partial charge in [-0.05, 0) is 19.3 Å². The molecule has 0 aliphatic heterocycles. The molecule has 2 unspecified atom stereocenters. The molecule has 0 radical (unpaired) electrons. The van der Waals surface area contributed by atoms with Crippen molar-refractivity contribution in [2.75, 3.05) is 0 Å². The number of hydrogen-bond donors (Lipinski definition) is 0. The maximum Gasteiger partial charge on any atom is 0.0652 e. The second kappa shape index (κ2) is 5.29. The van der Waals surface area contributed by atoms with E-state index in [2.05, 4.69) is 19.9 Å². The standard InChI is InChI=1S/C9H17N/c1-4-5-8(2)6-9(3)7-10/h8-9H,4-6H2,1-3H3. The Bertz CT molecular complexity index is 112. The molecule has 0 rings (SSSR count). The van der Waals surface area contributed by atoms with Crippen molar-refractivity contribution in [1.29, 1.82) is 5.26 Å². The number of nitrogens with zero attached hydrogens (tertiary/aromatic N) is 1. The third-order valence-corrected chi connectivity index (χ3v) is 1.76. The molecular weight excluding hydrogens is 122 g/mol. The van der Waals surface area contributed by atoms with Gasteiger partial charge in [0.25, 0.3) is 0 Å². The molecule has 0 amide bonds. The average Bonchev–Trinajstić information content (AvgIpc) is 1.88. The lowest BCUT2D eigenvalue weighted by Crippen LogP contribution is -2.00. The smallest absolute Gasteiger partial charge is 0.0652 e. The van der Waals surface area contributed by atoms with E-state index in [1.807, 2.05) is 6.92 Å². The number of rotatable bonds is 4. The van der Waals surface area contributed by atoms with Crippen LogP contribution in [-0.2, 0) is 0 Å². The molecule has 1 heteroatoms. The predicted octanol–water partition coefficient (Wildman–Crippen LogP) is 2.97. The predicted molar refractivity (Wildman–Crippen MR) is 43.5 cm³/mol. The van der Waals surface area contributed by atoms with E-state index in [1.54, 1.807) is 0 Å². The minimum atomic E-state index is 0.238. The van der Waals surface area contributed by atoms with Crippen molar-refractivity contribution in [3.05, 3.63) is 0 Å². The van der Waals surface area contributed by atoms with E-state index >= 15 is 0 Å². The Balaban J connectivity index is 3.39. The molecule has 58 valence electrons. The van der Waals surface area contributed by atoms with Crippen LogP contribution in [0, 0.1) is 23.2 Å². The van der Waals surface area contributed by atoms with Crippen LogP contribution >= 0.6 is 0 Å². The summed E-state index contributed by atoms with van der Waals surface area (Å²) in [4.78, 5) is 0. The fourth-order valence-corrected chi connectivity index (χ4v) is 1.27. The summed E-state index contributed by atoms with van der Waals surface area (Å²) in [5.74, 6) is 0.959. The van der Waals surface area contributed by atoms with Gasteiger partial charge in [0.2, 0.25) is 0 Å². The molecule has 0 bridgehead atoms. The van der Waals surface area contributed by atoms with Gasteiger partial charge in [-0.1, -0.05) is 26.7 Å². The summed E-state index contributed by atoms with van der Waals surface area (Å²) in [6.07, 6.45) is 3.55. The van der Waals surface area contributed by atoms with Gasteiger partial charge in [-0.2, -0.15) is 5.26 Å². The van der Waals surface area contributed by atoms with Crippen molar-refractivity contribution >= 4 is 0 Å². The minimum Gasteiger partial charge on any atom is -0.198 e. The Kier molecular flexibility index (Phi) is 5.02. The number of nitriles is 1. The zero-order valence-electron chi connectivity index (χ0n) is 7.22. The van der Waals surface area contributed by atoms with Gasteiger partial charge in [-0.25, -0.2) is 0 Å². The topological polar surface area (TPSA) is 23.8 Å². The summed E-state index contributed by atoms with van der Waals surface area (Å²) in [6.45, 7) is 6.40. The van der Waals surface area contributed by atoms with Crippen LogP contribution in [0.4, 0.5) is 0 Å². The highest BCUT2D eigenvalue weighted by Gasteiger charge is 2.05. The lowest BCUT2D eigenvalue weighted by atomic mass is 9.95. The van der Waals surface area contributed by atoms with Gasteiger partial charge < -0.3 is 0 Å². The fraction of sp³-hybridized carbons (Fsp3) is 0.889. The van der Waals surface area contributed by atoms with Crippen LogP contribution in [-0.4, -0.2) is 0 Å². The average molecular weight is 139 g/mol. The molecule has 10 heavy (non-hydrogen) atoms. The van der Waals surface area contributed by atoms with Crippen LogP contribution in [0.5, 0.6) is 0 Å². The molecule has 0 saturated carbocycles. The molecule has 0 spiro atoms. The molecule has 1 nitrogen and oxygen atoms in total. The van der Waals surface area contributed by atoms with Crippen LogP contribution in [0.1, 0.15) is 40.0 Å². The van der Waals surface area contributed by atoms with Gasteiger partial charge in [-0.15, -0.1) is 0 Å². The van der Waals surface area contributed by atoms with Gasteiger partial charge in [0.15, 0.2) is 0 Å². The summed E-state index contributed by atoms with van der Waals surface area (Å²) >= 11 is 0. The van der Waals surface area contributed by atoms with Crippen LogP contribution in [0.15, 0.2) is 0 Å². The first-order chi connectivity index (χ1) is 4.70. The van der Waals surface area contributed by atoms with E-state index in [9.17, 15) is 0 Å². The molecule has 0 aliphatic rings. The van der Waals surface area contributed by atoms with E-state index in [4.69, 9.17) is 5.26 Å². The third kappa shape index (κ3) is 4.38. The van der Waals surface area contributed by atoms with Crippen molar-refractivity contribution in [2.24, 2.45) is 11.8 Å². The lowest BCUT2D eigenvalue weighted by Gasteiger charge is -2.09. The van der Waals surface area contributed by atoms with E-state index in [0.717, 1.165) is 12.3 Å². The van der Waals surface area contributed by atoms with Crippen molar-refractivity contribution in [1.82, 2.24) is 0 Å².